The molecule has 94 valence electrons. The van der Waals surface area contributed by atoms with Gasteiger partial charge in [0.1, 0.15) is 6.61 Å². The lowest BCUT2D eigenvalue weighted by atomic mass is 10.1. The Hall–Kier alpha value is -2.30. The third-order valence-corrected chi connectivity index (χ3v) is 2.67. The van der Waals surface area contributed by atoms with E-state index in [0.717, 1.165) is 16.8 Å². The van der Waals surface area contributed by atoms with Crippen molar-refractivity contribution in [1.82, 2.24) is 9.97 Å². The van der Waals surface area contributed by atoms with E-state index in [1.807, 2.05) is 19.9 Å². The van der Waals surface area contributed by atoms with Gasteiger partial charge in [-0.05, 0) is 37.1 Å². The van der Waals surface area contributed by atoms with E-state index in [9.17, 15) is 9.90 Å². The molecule has 0 atom stereocenters. The number of H-pyrrole nitrogens is 1. The van der Waals surface area contributed by atoms with Crippen molar-refractivity contribution >= 4 is 0 Å². The van der Waals surface area contributed by atoms with Gasteiger partial charge in [0.25, 0.3) is 5.56 Å². The quantitative estimate of drug-likeness (QED) is 0.863. The fourth-order valence-electron chi connectivity index (χ4n) is 1.48. The maximum absolute atomic E-state index is 10.9. The summed E-state index contributed by atoms with van der Waals surface area (Å²) in [7, 11) is 0. The molecule has 18 heavy (non-hydrogen) atoms. The van der Waals surface area contributed by atoms with Gasteiger partial charge in [-0.25, -0.2) is 0 Å². The van der Waals surface area contributed by atoms with Crippen LogP contribution in [-0.4, -0.2) is 15.1 Å². The molecule has 0 aliphatic heterocycles. The Bertz CT molecular complexity index is 620. The molecule has 2 N–H and O–H groups in total. The molecule has 0 aliphatic rings. The zero-order valence-corrected chi connectivity index (χ0v) is 10.2. The van der Waals surface area contributed by atoms with E-state index in [1.165, 1.54) is 12.1 Å². The van der Waals surface area contributed by atoms with Crippen molar-refractivity contribution in [2.24, 2.45) is 0 Å². The molecule has 2 rings (SSSR count). The number of nitrogens with zero attached hydrogens (tertiary/aromatic N) is 1. The number of nitrogens with one attached hydrogen (secondary N) is 1. The Morgan fingerprint density at radius 3 is 2.78 bits per heavy atom. The molecule has 5 nitrogen and oxygen atoms in total. The lowest BCUT2D eigenvalue weighted by Gasteiger charge is -2.08. The summed E-state index contributed by atoms with van der Waals surface area (Å²) in [5, 5.41) is 9.47. The number of rotatable bonds is 3. The summed E-state index contributed by atoms with van der Waals surface area (Å²) in [6.07, 6.45) is 1.78. The highest BCUT2D eigenvalue weighted by atomic mass is 16.5. The third kappa shape index (κ3) is 2.68. The Kier molecular flexibility index (Phi) is 3.32. The molecule has 0 bridgehead atoms. The zero-order valence-electron chi connectivity index (χ0n) is 10.2. The number of ether oxygens (including phenoxy) is 1. The standard InChI is InChI=1S/C13H14N2O3/c1-8-5-10(14-6-9(8)2)7-18-11-3-4-12(16)15-13(11)17/h3-6H,7H2,1-2H3,(H2,15,16,17). The number of aryl methyl sites for hydroxylation is 2. The minimum absolute atomic E-state index is 0.231. The first-order valence-corrected chi connectivity index (χ1v) is 5.53. The van der Waals surface area contributed by atoms with Crippen molar-refractivity contribution in [3.8, 4) is 11.6 Å². The van der Waals surface area contributed by atoms with Crippen LogP contribution in [0, 0.1) is 13.8 Å². The van der Waals surface area contributed by atoms with Gasteiger partial charge in [-0.2, -0.15) is 0 Å². The zero-order chi connectivity index (χ0) is 13.1. The number of pyridine rings is 2. The van der Waals surface area contributed by atoms with E-state index < -0.39 is 0 Å². The minimum atomic E-state index is -0.371. The molecule has 0 saturated carbocycles. The fourth-order valence-corrected chi connectivity index (χ4v) is 1.48. The molecular weight excluding hydrogens is 232 g/mol. The van der Waals surface area contributed by atoms with Gasteiger partial charge in [-0.3, -0.25) is 14.8 Å². The maximum atomic E-state index is 10.9. The number of hydrogen-bond donors (Lipinski definition) is 2. The predicted octanol–water partition coefficient (Wildman–Crippen LogP) is 1.67. The normalized spacial score (nSPS) is 10.3. The molecule has 5 heteroatoms. The highest BCUT2D eigenvalue weighted by molar-refractivity contribution is 5.31. The molecule has 0 unspecified atom stereocenters. The SMILES string of the molecule is Cc1cnc(COc2ccc(=O)[nH]c2O)cc1C. The van der Waals surface area contributed by atoms with Crippen LogP contribution in [0.3, 0.4) is 0 Å². The summed E-state index contributed by atoms with van der Waals surface area (Å²) >= 11 is 0. The molecule has 2 aromatic rings. The largest absolute Gasteiger partial charge is 0.492 e. The van der Waals surface area contributed by atoms with Gasteiger partial charge in [-0.15, -0.1) is 0 Å². The number of hydrogen-bond acceptors (Lipinski definition) is 4. The highest BCUT2D eigenvalue weighted by Gasteiger charge is 2.04. The minimum Gasteiger partial charge on any atom is -0.492 e. The molecule has 0 aliphatic carbocycles. The van der Waals surface area contributed by atoms with E-state index >= 15 is 0 Å². The van der Waals surface area contributed by atoms with Crippen molar-refractivity contribution in [2.45, 2.75) is 20.5 Å². The summed E-state index contributed by atoms with van der Waals surface area (Å²) in [6, 6.07) is 4.65. The van der Waals surface area contributed by atoms with Crippen LogP contribution in [0.2, 0.25) is 0 Å². The van der Waals surface area contributed by atoms with Gasteiger partial charge < -0.3 is 9.84 Å². The average molecular weight is 246 g/mol. The van der Waals surface area contributed by atoms with E-state index in [4.69, 9.17) is 4.74 Å². The summed E-state index contributed by atoms with van der Waals surface area (Å²) in [5.41, 5.74) is 2.65. The Morgan fingerprint density at radius 1 is 1.33 bits per heavy atom. The summed E-state index contributed by atoms with van der Waals surface area (Å²) in [5.74, 6) is -0.0408. The molecule has 0 fully saturated rings. The number of aromatic nitrogens is 2. The second kappa shape index (κ2) is 4.91. The van der Waals surface area contributed by atoms with Crippen LogP contribution >= 0.6 is 0 Å². The Morgan fingerprint density at radius 2 is 2.11 bits per heavy atom. The van der Waals surface area contributed by atoms with Crippen molar-refractivity contribution in [1.29, 1.82) is 0 Å². The van der Waals surface area contributed by atoms with Gasteiger partial charge in [0.05, 0.1) is 5.69 Å². The third-order valence-electron chi connectivity index (χ3n) is 2.67. The van der Waals surface area contributed by atoms with Gasteiger partial charge >= 0.3 is 0 Å². The van der Waals surface area contributed by atoms with Crippen molar-refractivity contribution in [3.05, 3.63) is 51.6 Å². The van der Waals surface area contributed by atoms with Crippen LogP contribution < -0.4 is 10.3 Å². The van der Waals surface area contributed by atoms with E-state index in [-0.39, 0.29) is 23.8 Å². The number of aromatic hydroxyl groups is 1. The highest BCUT2D eigenvalue weighted by Crippen LogP contribution is 2.21. The Labute approximate surface area is 104 Å². The van der Waals surface area contributed by atoms with Crippen LogP contribution in [0.5, 0.6) is 11.6 Å². The monoisotopic (exact) mass is 246 g/mol. The van der Waals surface area contributed by atoms with Gasteiger partial charge in [0.15, 0.2) is 5.75 Å². The van der Waals surface area contributed by atoms with E-state index in [1.54, 1.807) is 6.20 Å². The predicted molar refractivity (Wildman–Crippen MR) is 66.8 cm³/mol. The fraction of sp³-hybridized carbons (Fsp3) is 0.231. The van der Waals surface area contributed by atoms with Crippen LogP contribution in [0.15, 0.2) is 29.2 Å². The average Bonchev–Trinajstić information content (AvgIpc) is 2.32. The Balaban J connectivity index is 2.11. The van der Waals surface area contributed by atoms with Crippen LogP contribution in [-0.2, 0) is 6.61 Å². The van der Waals surface area contributed by atoms with Crippen molar-refractivity contribution in [3.63, 3.8) is 0 Å². The van der Waals surface area contributed by atoms with Gasteiger partial charge in [0.2, 0.25) is 5.88 Å². The molecule has 0 spiro atoms. The molecule has 2 aromatic heterocycles. The first kappa shape index (κ1) is 12.2. The molecular formula is C13H14N2O3. The first-order valence-electron chi connectivity index (χ1n) is 5.53. The van der Waals surface area contributed by atoms with Crippen molar-refractivity contribution in [2.75, 3.05) is 0 Å². The summed E-state index contributed by atoms with van der Waals surface area (Å²) < 4.78 is 5.39. The summed E-state index contributed by atoms with van der Waals surface area (Å²) in [6.45, 7) is 4.22. The number of aromatic amines is 1. The van der Waals surface area contributed by atoms with Crippen LogP contribution in [0.4, 0.5) is 0 Å². The van der Waals surface area contributed by atoms with Crippen LogP contribution in [0.1, 0.15) is 16.8 Å². The van der Waals surface area contributed by atoms with E-state index in [0.29, 0.717) is 0 Å². The van der Waals surface area contributed by atoms with E-state index in [2.05, 4.69) is 9.97 Å². The second-order valence-electron chi connectivity index (χ2n) is 4.08. The molecule has 2 heterocycles. The lowest BCUT2D eigenvalue weighted by molar-refractivity contribution is 0.280. The molecule has 0 saturated heterocycles. The van der Waals surface area contributed by atoms with Crippen LogP contribution in [0.25, 0.3) is 0 Å². The topological polar surface area (TPSA) is 75.2 Å². The molecule has 0 aromatic carbocycles. The molecule has 0 radical (unpaired) electrons. The van der Waals surface area contributed by atoms with Crippen molar-refractivity contribution < 1.29 is 9.84 Å². The maximum Gasteiger partial charge on any atom is 0.250 e. The van der Waals surface area contributed by atoms with Gasteiger partial charge in [0, 0.05) is 12.3 Å². The smallest absolute Gasteiger partial charge is 0.250 e. The summed E-state index contributed by atoms with van der Waals surface area (Å²) in [4.78, 5) is 17.4. The molecule has 0 amide bonds. The lowest BCUT2D eigenvalue weighted by Crippen LogP contribution is -2.05. The second-order valence-corrected chi connectivity index (χ2v) is 4.08. The van der Waals surface area contributed by atoms with Gasteiger partial charge in [-0.1, -0.05) is 0 Å². The first-order chi connectivity index (χ1) is 8.56.